The SMILES string of the molecule is COC(Cc1ccccc1)C(N)C(N)=O. The van der Waals surface area contributed by atoms with Crippen LogP contribution in [0.4, 0.5) is 0 Å². The van der Waals surface area contributed by atoms with Crippen molar-refractivity contribution >= 4 is 5.91 Å². The average Bonchev–Trinajstić information content (AvgIpc) is 2.26. The minimum atomic E-state index is -0.768. The second kappa shape index (κ2) is 5.48. The largest absolute Gasteiger partial charge is 0.379 e. The van der Waals surface area contributed by atoms with E-state index in [1.807, 2.05) is 30.3 Å². The maximum atomic E-state index is 10.9. The summed E-state index contributed by atoms with van der Waals surface area (Å²) in [6.45, 7) is 0. The fraction of sp³-hybridized carbons (Fsp3) is 0.364. The first-order valence-corrected chi connectivity index (χ1v) is 4.76. The van der Waals surface area contributed by atoms with Gasteiger partial charge in [0.25, 0.3) is 0 Å². The van der Waals surface area contributed by atoms with Crippen LogP contribution in [-0.4, -0.2) is 25.2 Å². The molecule has 0 aromatic heterocycles. The van der Waals surface area contributed by atoms with E-state index in [2.05, 4.69) is 0 Å². The van der Waals surface area contributed by atoms with Crippen molar-refractivity contribution in [3.05, 3.63) is 35.9 Å². The molecule has 0 saturated carbocycles. The number of nitrogens with two attached hydrogens (primary N) is 2. The molecule has 1 amide bonds. The minimum absolute atomic E-state index is 0.370. The Morgan fingerprint density at radius 1 is 1.40 bits per heavy atom. The molecule has 0 aliphatic carbocycles. The normalized spacial score (nSPS) is 14.5. The van der Waals surface area contributed by atoms with E-state index in [1.165, 1.54) is 7.11 Å². The number of ether oxygens (including phenoxy) is 1. The summed E-state index contributed by atoms with van der Waals surface area (Å²) in [5.74, 6) is -0.544. The van der Waals surface area contributed by atoms with Gasteiger partial charge in [-0.05, 0) is 5.56 Å². The Morgan fingerprint density at radius 2 is 2.00 bits per heavy atom. The molecule has 0 heterocycles. The third-order valence-corrected chi connectivity index (χ3v) is 2.31. The average molecular weight is 208 g/mol. The Kier molecular flexibility index (Phi) is 4.27. The first kappa shape index (κ1) is 11.7. The summed E-state index contributed by atoms with van der Waals surface area (Å²) in [5.41, 5.74) is 11.8. The van der Waals surface area contributed by atoms with Crippen molar-refractivity contribution in [3.63, 3.8) is 0 Å². The molecule has 15 heavy (non-hydrogen) atoms. The molecular weight excluding hydrogens is 192 g/mol. The number of methoxy groups -OCH3 is 1. The highest BCUT2D eigenvalue weighted by Crippen LogP contribution is 2.07. The molecule has 4 nitrogen and oxygen atoms in total. The molecule has 0 saturated heterocycles. The molecular formula is C11H16N2O2. The van der Waals surface area contributed by atoms with Gasteiger partial charge in [0, 0.05) is 13.5 Å². The van der Waals surface area contributed by atoms with E-state index in [9.17, 15) is 4.79 Å². The molecule has 0 aliphatic heterocycles. The quantitative estimate of drug-likeness (QED) is 0.718. The van der Waals surface area contributed by atoms with Crippen LogP contribution in [0.2, 0.25) is 0 Å². The molecule has 0 bridgehead atoms. The summed E-state index contributed by atoms with van der Waals surface area (Å²) >= 11 is 0. The smallest absolute Gasteiger partial charge is 0.237 e. The molecule has 0 spiro atoms. The van der Waals surface area contributed by atoms with Crippen molar-refractivity contribution in [3.8, 4) is 0 Å². The number of hydrogen-bond acceptors (Lipinski definition) is 3. The molecule has 2 unspecified atom stereocenters. The summed E-state index contributed by atoms with van der Waals surface area (Å²) in [4.78, 5) is 10.9. The van der Waals surface area contributed by atoms with Crippen molar-refractivity contribution in [2.45, 2.75) is 18.6 Å². The molecule has 1 aromatic rings. The summed E-state index contributed by atoms with van der Waals surface area (Å²) < 4.78 is 5.15. The lowest BCUT2D eigenvalue weighted by atomic mass is 10.0. The minimum Gasteiger partial charge on any atom is -0.379 e. The maximum absolute atomic E-state index is 10.9. The fourth-order valence-corrected chi connectivity index (χ4v) is 1.39. The molecule has 4 heteroatoms. The predicted molar refractivity (Wildman–Crippen MR) is 58.1 cm³/mol. The van der Waals surface area contributed by atoms with E-state index >= 15 is 0 Å². The number of hydrogen-bond donors (Lipinski definition) is 2. The van der Waals surface area contributed by atoms with Crippen LogP contribution in [0.5, 0.6) is 0 Å². The van der Waals surface area contributed by atoms with Crippen LogP contribution in [0.3, 0.4) is 0 Å². The molecule has 4 N–H and O–H groups in total. The molecule has 0 fully saturated rings. The highest BCUT2D eigenvalue weighted by molar-refractivity contribution is 5.80. The van der Waals surface area contributed by atoms with Gasteiger partial charge in [0.2, 0.25) is 5.91 Å². The Labute approximate surface area is 89.2 Å². The number of carbonyl (C=O) groups excluding carboxylic acids is 1. The molecule has 82 valence electrons. The van der Waals surface area contributed by atoms with Gasteiger partial charge in [-0.3, -0.25) is 4.79 Å². The molecule has 2 atom stereocenters. The van der Waals surface area contributed by atoms with Crippen LogP contribution >= 0.6 is 0 Å². The molecule has 0 radical (unpaired) electrons. The Morgan fingerprint density at radius 3 is 2.47 bits per heavy atom. The first-order valence-electron chi connectivity index (χ1n) is 4.76. The van der Waals surface area contributed by atoms with Crippen LogP contribution < -0.4 is 11.5 Å². The van der Waals surface area contributed by atoms with Crippen molar-refractivity contribution < 1.29 is 9.53 Å². The predicted octanol–water partition coefficient (Wildman–Crippen LogP) is 0.0567. The lowest BCUT2D eigenvalue weighted by Crippen LogP contribution is -2.47. The van der Waals surface area contributed by atoms with Crippen molar-refractivity contribution in [2.75, 3.05) is 7.11 Å². The maximum Gasteiger partial charge on any atom is 0.237 e. The van der Waals surface area contributed by atoms with Gasteiger partial charge >= 0.3 is 0 Å². The Bertz CT molecular complexity index is 314. The van der Waals surface area contributed by atoms with Gasteiger partial charge in [0.05, 0.1) is 6.10 Å². The van der Waals surface area contributed by atoms with E-state index in [0.717, 1.165) is 5.56 Å². The lowest BCUT2D eigenvalue weighted by Gasteiger charge is -2.19. The first-order chi connectivity index (χ1) is 7.15. The van der Waals surface area contributed by atoms with Gasteiger partial charge in [0.1, 0.15) is 6.04 Å². The van der Waals surface area contributed by atoms with Crippen molar-refractivity contribution in [1.82, 2.24) is 0 Å². The summed E-state index contributed by atoms with van der Waals surface area (Å²) in [7, 11) is 1.52. The van der Waals surface area contributed by atoms with Crippen LogP contribution in [0.1, 0.15) is 5.56 Å². The molecule has 0 aliphatic rings. The summed E-state index contributed by atoms with van der Waals surface area (Å²) in [5, 5.41) is 0. The highest BCUT2D eigenvalue weighted by Gasteiger charge is 2.22. The van der Waals surface area contributed by atoms with Crippen LogP contribution in [0, 0.1) is 0 Å². The summed E-state index contributed by atoms with van der Waals surface area (Å²) in [6, 6.07) is 8.93. The highest BCUT2D eigenvalue weighted by atomic mass is 16.5. The van der Waals surface area contributed by atoms with Crippen LogP contribution in [0.15, 0.2) is 30.3 Å². The van der Waals surface area contributed by atoms with Gasteiger partial charge in [-0.15, -0.1) is 0 Å². The van der Waals surface area contributed by atoms with E-state index in [4.69, 9.17) is 16.2 Å². The summed E-state index contributed by atoms with van der Waals surface area (Å²) in [6.07, 6.45) is 0.214. The number of primary amides is 1. The Hall–Kier alpha value is -1.39. The number of benzene rings is 1. The van der Waals surface area contributed by atoms with Gasteiger partial charge in [0.15, 0.2) is 0 Å². The number of amides is 1. The standard InChI is InChI=1S/C11H16N2O2/c1-15-9(10(12)11(13)14)7-8-5-3-2-4-6-8/h2-6,9-10H,7,12H2,1H3,(H2,13,14). The van der Waals surface area contributed by atoms with Gasteiger partial charge < -0.3 is 16.2 Å². The zero-order valence-electron chi connectivity index (χ0n) is 8.72. The van der Waals surface area contributed by atoms with E-state index in [0.29, 0.717) is 6.42 Å². The number of carbonyl (C=O) groups is 1. The van der Waals surface area contributed by atoms with Gasteiger partial charge in [-0.2, -0.15) is 0 Å². The molecule has 1 aromatic carbocycles. The second-order valence-electron chi connectivity index (χ2n) is 3.39. The van der Waals surface area contributed by atoms with E-state index in [-0.39, 0.29) is 6.10 Å². The number of rotatable bonds is 5. The van der Waals surface area contributed by atoms with E-state index < -0.39 is 11.9 Å². The zero-order chi connectivity index (χ0) is 11.3. The van der Waals surface area contributed by atoms with Crippen molar-refractivity contribution in [1.29, 1.82) is 0 Å². The third-order valence-electron chi connectivity index (χ3n) is 2.31. The molecule has 1 rings (SSSR count). The van der Waals surface area contributed by atoms with Crippen molar-refractivity contribution in [2.24, 2.45) is 11.5 Å². The van der Waals surface area contributed by atoms with E-state index in [1.54, 1.807) is 0 Å². The second-order valence-corrected chi connectivity index (χ2v) is 3.39. The monoisotopic (exact) mass is 208 g/mol. The fourth-order valence-electron chi connectivity index (χ4n) is 1.39. The third kappa shape index (κ3) is 3.34. The van der Waals surface area contributed by atoms with Crippen LogP contribution in [-0.2, 0) is 16.0 Å². The lowest BCUT2D eigenvalue weighted by molar-refractivity contribution is -0.122. The van der Waals surface area contributed by atoms with Gasteiger partial charge in [-0.25, -0.2) is 0 Å². The van der Waals surface area contributed by atoms with Crippen LogP contribution in [0.25, 0.3) is 0 Å². The topological polar surface area (TPSA) is 78.3 Å². The zero-order valence-corrected chi connectivity index (χ0v) is 8.72. The van der Waals surface area contributed by atoms with Gasteiger partial charge in [-0.1, -0.05) is 30.3 Å². The Balaban J connectivity index is 2.66.